The molecule has 4 heteroatoms. The van der Waals surface area contributed by atoms with Crippen LogP contribution in [0.15, 0.2) is 42.5 Å². The number of ether oxygens (including phenoxy) is 1. The molecule has 1 amide bonds. The standard InChI is InChI=1S/C19H24N2O2/c1-14-8-7-9-15(2)19(14)20-18(22)13-21(3)12-16-10-5-6-11-17(16)23-4/h5-11H,12-13H2,1-4H3,(H,20,22)/p+1. The van der Waals surface area contributed by atoms with Crippen molar-refractivity contribution in [1.29, 1.82) is 0 Å². The van der Waals surface area contributed by atoms with Crippen molar-refractivity contribution >= 4 is 11.6 Å². The maximum atomic E-state index is 12.3. The van der Waals surface area contributed by atoms with Crippen LogP contribution in [0.3, 0.4) is 0 Å². The number of quaternary nitrogens is 1. The molecule has 0 aromatic heterocycles. The second-order valence-corrected chi connectivity index (χ2v) is 5.94. The topological polar surface area (TPSA) is 42.8 Å². The van der Waals surface area contributed by atoms with Gasteiger partial charge in [-0.05, 0) is 37.1 Å². The minimum absolute atomic E-state index is 0.0230. The SMILES string of the molecule is COc1ccccc1C[NH+](C)CC(=O)Nc1c(C)cccc1C. The Morgan fingerprint density at radius 3 is 2.39 bits per heavy atom. The van der Waals surface area contributed by atoms with Crippen molar-refractivity contribution in [2.75, 3.05) is 26.0 Å². The van der Waals surface area contributed by atoms with E-state index in [1.165, 1.54) is 0 Å². The third-order valence-corrected chi connectivity index (χ3v) is 3.89. The van der Waals surface area contributed by atoms with Crippen molar-refractivity contribution in [2.45, 2.75) is 20.4 Å². The Labute approximate surface area is 138 Å². The van der Waals surface area contributed by atoms with E-state index in [1.54, 1.807) is 7.11 Å². The maximum Gasteiger partial charge on any atom is 0.279 e. The average molecular weight is 313 g/mol. The Balaban J connectivity index is 1.97. The lowest BCUT2D eigenvalue weighted by molar-refractivity contribution is -0.885. The molecule has 122 valence electrons. The number of hydrogen-bond acceptors (Lipinski definition) is 2. The summed E-state index contributed by atoms with van der Waals surface area (Å²) >= 11 is 0. The van der Waals surface area contributed by atoms with E-state index < -0.39 is 0 Å². The van der Waals surface area contributed by atoms with E-state index in [2.05, 4.69) is 5.32 Å². The monoisotopic (exact) mass is 313 g/mol. The van der Waals surface area contributed by atoms with Gasteiger partial charge in [-0.2, -0.15) is 0 Å². The van der Waals surface area contributed by atoms with Crippen LogP contribution in [-0.4, -0.2) is 26.6 Å². The van der Waals surface area contributed by atoms with Gasteiger partial charge in [-0.3, -0.25) is 4.79 Å². The highest BCUT2D eigenvalue weighted by Crippen LogP contribution is 2.19. The molecule has 1 atom stereocenters. The van der Waals surface area contributed by atoms with E-state index >= 15 is 0 Å². The van der Waals surface area contributed by atoms with Crippen molar-refractivity contribution in [3.63, 3.8) is 0 Å². The summed E-state index contributed by atoms with van der Waals surface area (Å²) in [6.45, 7) is 5.16. The summed E-state index contributed by atoms with van der Waals surface area (Å²) in [6.07, 6.45) is 0. The zero-order valence-corrected chi connectivity index (χ0v) is 14.3. The largest absolute Gasteiger partial charge is 0.496 e. The third kappa shape index (κ3) is 4.57. The predicted molar refractivity (Wildman–Crippen MR) is 93.0 cm³/mol. The van der Waals surface area contributed by atoms with E-state index in [4.69, 9.17) is 4.74 Å². The van der Waals surface area contributed by atoms with Crippen molar-refractivity contribution < 1.29 is 14.4 Å². The first-order valence-electron chi connectivity index (χ1n) is 7.80. The summed E-state index contributed by atoms with van der Waals surface area (Å²) in [4.78, 5) is 13.4. The molecule has 0 aliphatic carbocycles. The number of likely N-dealkylation sites (N-methyl/N-ethyl adjacent to an activating group) is 1. The zero-order valence-electron chi connectivity index (χ0n) is 14.3. The van der Waals surface area contributed by atoms with E-state index in [1.807, 2.05) is 63.4 Å². The van der Waals surface area contributed by atoms with Crippen LogP contribution in [-0.2, 0) is 11.3 Å². The number of anilines is 1. The average Bonchev–Trinajstić information content (AvgIpc) is 2.51. The van der Waals surface area contributed by atoms with Gasteiger partial charge in [-0.15, -0.1) is 0 Å². The van der Waals surface area contributed by atoms with Gasteiger partial charge in [0.05, 0.1) is 14.2 Å². The van der Waals surface area contributed by atoms with Gasteiger partial charge in [0.15, 0.2) is 6.54 Å². The Morgan fingerprint density at radius 1 is 1.09 bits per heavy atom. The van der Waals surface area contributed by atoms with Crippen molar-refractivity contribution in [3.8, 4) is 5.75 Å². The molecule has 23 heavy (non-hydrogen) atoms. The van der Waals surface area contributed by atoms with Crippen LogP contribution < -0.4 is 15.0 Å². The Kier molecular flexibility index (Phi) is 5.77. The van der Waals surface area contributed by atoms with Gasteiger partial charge in [0.25, 0.3) is 5.91 Å². The second kappa shape index (κ2) is 7.79. The maximum absolute atomic E-state index is 12.3. The fourth-order valence-electron chi connectivity index (χ4n) is 2.71. The first-order valence-corrected chi connectivity index (χ1v) is 7.80. The Bertz CT molecular complexity index is 663. The summed E-state index contributed by atoms with van der Waals surface area (Å²) in [5.41, 5.74) is 4.19. The summed E-state index contributed by atoms with van der Waals surface area (Å²) in [7, 11) is 3.68. The number of para-hydroxylation sites is 2. The molecule has 0 spiro atoms. The van der Waals surface area contributed by atoms with Gasteiger partial charge >= 0.3 is 0 Å². The summed E-state index contributed by atoms with van der Waals surface area (Å²) in [5, 5.41) is 3.03. The lowest BCUT2D eigenvalue weighted by atomic mass is 10.1. The van der Waals surface area contributed by atoms with Crippen LogP contribution in [0.5, 0.6) is 5.75 Å². The first-order chi connectivity index (χ1) is 11.0. The van der Waals surface area contributed by atoms with Crippen LogP contribution >= 0.6 is 0 Å². The smallest absolute Gasteiger partial charge is 0.279 e. The highest BCUT2D eigenvalue weighted by molar-refractivity contribution is 5.93. The van der Waals surface area contributed by atoms with Crippen LogP contribution in [0.4, 0.5) is 5.69 Å². The van der Waals surface area contributed by atoms with Crippen LogP contribution in [0.1, 0.15) is 16.7 Å². The molecule has 0 fully saturated rings. The Morgan fingerprint density at radius 2 is 1.74 bits per heavy atom. The number of rotatable bonds is 6. The zero-order chi connectivity index (χ0) is 16.8. The number of carbonyl (C=O) groups excluding carboxylic acids is 1. The summed E-state index contributed by atoms with van der Waals surface area (Å²) < 4.78 is 5.36. The lowest BCUT2D eigenvalue weighted by Crippen LogP contribution is -3.08. The molecule has 0 radical (unpaired) electrons. The molecule has 2 aromatic carbocycles. The van der Waals surface area contributed by atoms with Crippen LogP contribution in [0, 0.1) is 13.8 Å². The number of carbonyl (C=O) groups is 1. The van der Waals surface area contributed by atoms with Crippen molar-refractivity contribution in [3.05, 3.63) is 59.2 Å². The summed E-state index contributed by atoms with van der Waals surface area (Å²) in [6, 6.07) is 13.9. The van der Waals surface area contributed by atoms with E-state index in [0.717, 1.165) is 39.6 Å². The minimum Gasteiger partial charge on any atom is -0.496 e. The summed E-state index contributed by atoms with van der Waals surface area (Å²) in [5.74, 6) is 0.886. The minimum atomic E-state index is 0.0230. The molecule has 4 nitrogen and oxygen atoms in total. The molecule has 2 rings (SSSR count). The number of hydrogen-bond donors (Lipinski definition) is 2. The number of methoxy groups -OCH3 is 1. The predicted octanol–water partition coefficient (Wildman–Crippen LogP) is 1.97. The van der Waals surface area contributed by atoms with Gasteiger partial charge in [0, 0.05) is 11.3 Å². The highest BCUT2D eigenvalue weighted by Gasteiger charge is 2.14. The van der Waals surface area contributed by atoms with Crippen LogP contribution in [0.2, 0.25) is 0 Å². The molecule has 2 aromatic rings. The first kappa shape index (κ1) is 17.0. The molecule has 0 heterocycles. The fourth-order valence-corrected chi connectivity index (χ4v) is 2.71. The van der Waals surface area contributed by atoms with Gasteiger partial charge in [-0.25, -0.2) is 0 Å². The molecule has 0 saturated carbocycles. The normalized spacial score (nSPS) is 11.8. The molecule has 0 aliphatic heterocycles. The van der Waals surface area contributed by atoms with E-state index in [9.17, 15) is 4.79 Å². The van der Waals surface area contributed by atoms with E-state index in [-0.39, 0.29) is 5.91 Å². The van der Waals surface area contributed by atoms with Crippen LogP contribution in [0.25, 0.3) is 0 Å². The molecular weight excluding hydrogens is 288 g/mol. The van der Waals surface area contributed by atoms with Gasteiger partial charge < -0.3 is 15.0 Å². The van der Waals surface area contributed by atoms with Crippen molar-refractivity contribution in [2.24, 2.45) is 0 Å². The lowest BCUT2D eigenvalue weighted by Gasteiger charge is -2.17. The van der Waals surface area contributed by atoms with Gasteiger partial charge in [0.1, 0.15) is 12.3 Å². The molecular formula is C19H25N2O2+. The number of aryl methyl sites for hydroxylation is 2. The molecule has 1 unspecified atom stereocenters. The quantitative estimate of drug-likeness (QED) is 0.856. The molecule has 0 saturated heterocycles. The Hall–Kier alpha value is -2.33. The van der Waals surface area contributed by atoms with Gasteiger partial charge in [0.2, 0.25) is 0 Å². The third-order valence-electron chi connectivity index (χ3n) is 3.89. The number of benzene rings is 2. The number of nitrogens with one attached hydrogen (secondary N) is 2. The van der Waals surface area contributed by atoms with E-state index in [0.29, 0.717) is 6.54 Å². The van der Waals surface area contributed by atoms with Crippen molar-refractivity contribution in [1.82, 2.24) is 0 Å². The molecule has 0 aliphatic rings. The molecule has 0 bridgehead atoms. The fraction of sp³-hybridized carbons (Fsp3) is 0.316. The van der Waals surface area contributed by atoms with Gasteiger partial charge in [-0.1, -0.05) is 30.3 Å². The molecule has 2 N–H and O–H groups in total. The number of amides is 1. The highest BCUT2D eigenvalue weighted by atomic mass is 16.5. The second-order valence-electron chi connectivity index (χ2n) is 5.94.